The van der Waals surface area contributed by atoms with Crippen LogP contribution in [0.15, 0.2) is 48.5 Å². The minimum atomic E-state index is -0.997. The maximum atomic E-state index is 13.0. The fraction of sp³-hybridized carbons (Fsp3) is 0.105. The van der Waals surface area contributed by atoms with Crippen molar-refractivity contribution in [3.8, 4) is 6.07 Å². The molecule has 6 heteroatoms. The molecule has 0 saturated heterocycles. The number of aromatic nitrogens is 2. The first kappa shape index (κ1) is 15.8. The van der Waals surface area contributed by atoms with E-state index in [0.717, 1.165) is 21.1 Å². The Bertz CT molecular complexity index is 1170. The van der Waals surface area contributed by atoms with E-state index >= 15 is 0 Å². The van der Waals surface area contributed by atoms with Crippen LogP contribution >= 0.6 is 22.9 Å². The highest BCUT2D eigenvalue weighted by atomic mass is 35.5. The van der Waals surface area contributed by atoms with Crippen LogP contribution in [-0.2, 0) is 7.05 Å². The molecule has 122 valence electrons. The number of carbonyl (C=O) groups excluding carboxylic acids is 1. The number of hydrogen-bond donors (Lipinski definition) is 0. The second-order valence-electron chi connectivity index (χ2n) is 5.69. The highest BCUT2D eigenvalue weighted by molar-refractivity contribution is 7.21. The van der Waals surface area contributed by atoms with E-state index in [1.165, 1.54) is 11.3 Å². The highest BCUT2D eigenvalue weighted by Gasteiger charge is 2.30. The normalized spacial score (nSPS) is 12.4. The van der Waals surface area contributed by atoms with Gasteiger partial charge in [0.1, 0.15) is 5.82 Å². The van der Waals surface area contributed by atoms with Gasteiger partial charge in [0.05, 0.1) is 27.0 Å². The number of para-hydroxylation sites is 2. The van der Waals surface area contributed by atoms with Crippen LogP contribution < -0.4 is 0 Å². The fourth-order valence-corrected chi connectivity index (χ4v) is 4.45. The zero-order valence-corrected chi connectivity index (χ0v) is 14.8. The minimum Gasteiger partial charge on any atom is -0.330 e. The Balaban J connectivity index is 1.85. The van der Waals surface area contributed by atoms with Gasteiger partial charge in [-0.3, -0.25) is 4.79 Å². The largest absolute Gasteiger partial charge is 0.330 e. The molecular weight excluding hydrogens is 354 g/mol. The zero-order valence-electron chi connectivity index (χ0n) is 13.2. The van der Waals surface area contributed by atoms with Gasteiger partial charge in [0.25, 0.3) is 0 Å². The third kappa shape index (κ3) is 2.42. The lowest BCUT2D eigenvalue weighted by molar-refractivity contribution is 0.0979. The number of hydrogen-bond acceptors (Lipinski definition) is 4. The smallest absolute Gasteiger partial charge is 0.199 e. The van der Waals surface area contributed by atoms with Gasteiger partial charge >= 0.3 is 0 Å². The lowest BCUT2D eigenvalue weighted by Crippen LogP contribution is -2.15. The molecule has 0 N–H and O–H groups in total. The molecule has 0 fully saturated rings. The van der Waals surface area contributed by atoms with E-state index in [-0.39, 0.29) is 5.78 Å². The van der Waals surface area contributed by atoms with Crippen LogP contribution in [0.4, 0.5) is 0 Å². The third-order valence-electron chi connectivity index (χ3n) is 4.23. The summed E-state index contributed by atoms with van der Waals surface area (Å²) >= 11 is 7.73. The molecule has 0 aliphatic carbocycles. The Kier molecular flexibility index (Phi) is 3.79. The number of nitrogens with zero attached hydrogens (tertiary/aromatic N) is 3. The third-order valence-corrected chi connectivity index (χ3v) is 5.92. The van der Waals surface area contributed by atoms with Gasteiger partial charge in [0.15, 0.2) is 11.7 Å². The molecule has 0 unspecified atom stereocenters. The topological polar surface area (TPSA) is 58.7 Å². The summed E-state index contributed by atoms with van der Waals surface area (Å²) in [7, 11) is 1.81. The van der Waals surface area contributed by atoms with Crippen molar-refractivity contribution in [1.82, 2.24) is 9.55 Å². The van der Waals surface area contributed by atoms with Gasteiger partial charge in [-0.05, 0) is 18.2 Å². The molecule has 25 heavy (non-hydrogen) atoms. The average molecular weight is 366 g/mol. The number of ketones is 1. The average Bonchev–Trinajstić information content (AvgIpc) is 3.14. The number of halogens is 1. The molecule has 2 heterocycles. The standard InChI is InChI=1S/C19H12ClN3OS/c1-23-14-8-4-3-7-13(14)22-19(23)12(10-21)17(24)18-16(20)11-6-2-5-9-15(11)25-18/h2-9,12H,1H3/t12-/m0/s1. The van der Waals surface area contributed by atoms with E-state index in [1.807, 2.05) is 55.6 Å². The number of aryl methyl sites for hydroxylation is 1. The number of benzene rings is 2. The maximum absolute atomic E-state index is 13.0. The summed E-state index contributed by atoms with van der Waals surface area (Å²) in [6, 6.07) is 17.2. The van der Waals surface area contributed by atoms with Crippen LogP contribution in [0, 0.1) is 11.3 Å². The van der Waals surface area contributed by atoms with Crippen LogP contribution in [0.1, 0.15) is 21.4 Å². The van der Waals surface area contributed by atoms with Crippen LogP contribution in [0.2, 0.25) is 5.02 Å². The summed E-state index contributed by atoms with van der Waals surface area (Å²) in [6.07, 6.45) is 0. The molecule has 2 aromatic carbocycles. The van der Waals surface area contributed by atoms with Crippen molar-refractivity contribution < 1.29 is 4.79 Å². The van der Waals surface area contributed by atoms with Crippen LogP contribution in [0.3, 0.4) is 0 Å². The monoisotopic (exact) mass is 365 g/mol. The lowest BCUT2D eigenvalue weighted by atomic mass is 10.0. The number of rotatable bonds is 3. The molecule has 4 nitrogen and oxygen atoms in total. The van der Waals surface area contributed by atoms with Crippen molar-refractivity contribution >= 4 is 49.8 Å². The predicted octanol–water partition coefficient (Wildman–Crippen LogP) is 4.93. The molecular formula is C19H12ClN3OS. The number of fused-ring (bicyclic) bond motifs is 2. The number of carbonyl (C=O) groups is 1. The van der Waals surface area contributed by atoms with Crippen molar-refractivity contribution in [1.29, 1.82) is 5.26 Å². The number of Topliss-reactive ketones (excluding diaryl/α,β-unsaturated/α-hetero) is 1. The Labute approximate surface area is 152 Å². The molecule has 4 rings (SSSR count). The second kappa shape index (κ2) is 5.99. The summed E-state index contributed by atoms with van der Waals surface area (Å²) in [5.41, 5.74) is 1.64. The molecule has 0 aliphatic heterocycles. The molecule has 0 bridgehead atoms. The number of thiophene rings is 1. The molecule has 0 saturated carbocycles. The van der Waals surface area contributed by atoms with Crippen molar-refractivity contribution in [2.75, 3.05) is 0 Å². The van der Waals surface area contributed by atoms with Gasteiger partial charge in [-0.15, -0.1) is 11.3 Å². The molecule has 4 aromatic rings. The van der Waals surface area contributed by atoms with Crippen molar-refractivity contribution in [2.45, 2.75) is 5.92 Å². The van der Waals surface area contributed by atoms with Gasteiger partial charge < -0.3 is 4.57 Å². The van der Waals surface area contributed by atoms with Crippen molar-refractivity contribution in [3.63, 3.8) is 0 Å². The number of imidazole rings is 1. The summed E-state index contributed by atoms with van der Waals surface area (Å²) in [5, 5.41) is 10.9. The van der Waals surface area contributed by atoms with E-state index in [4.69, 9.17) is 11.6 Å². The molecule has 0 radical (unpaired) electrons. The fourth-order valence-electron chi connectivity index (χ4n) is 2.96. The Morgan fingerprint density at radius 1 is 1.24 bits per heavy atom. The summed E-state index contributed by atoms with van der Waals surface area (Å²) in [4.78, 5) is 17.9. The zero-order chi connectivity index (χ0) is 17.6. The van der Waals surface area contributed by atoms with E-state index in [0.29, 0.717) is 15.7 Å². The predicted molar refractivity (Wildman–Crippen MR) is 100 cm³/mol. The summed E-state index contributed by atoms with van der Waals surface area (Å²) < 4.78 is 2.72. The summed E-state index contributed by atoms with van der Waals surface area (Å²) in [6.45, 7) is 0. The maximum Gasteiger partial charge on any atom is 0.199 e. The highest BCUT2D eigenvalue weighted by Crippen LogP contribution is 2.38. The number of nitriles is 1. The van der Waals surface area contributed by atoms with E-state index in [2.05, 4.69) is 11.1 Å². The SMILES string of the molecule is Cn1c([C@@H](C#N)C(=O)c2sc3ccccc3c2Cl)nc2ccccc21. The van der Waals surface area contributed by atoms with E-state index < -0.39 is 5.92 Å². The van der Waals surface area contributed by atoms with Crippen molar-refractivity contribution in [2.24, 2.45) is 7.05 Å². The first-order valence-electron chi connectivity index (χ1n) is 7.64. The molecule has 1 atom stereocenters. The Morgan fingerprint density at radius 3 is 2.68 bits per heavy atom. The molecule has 2 aromatic heterocycles. The van der Waals surface area contributed by atoms with E-state index in [1.54, 1.807) is 4.57 Å². The molecule has 0 spiro atoms. The van der Waals surface area contributed by atoms with Crippen LogP contribution in [0.5, 0.6) is 0 Å². The summed E-state index contributed by atoms with van der Waals surface area (Å²) in [5.74, 6) is -0.878. The minimum absolute atomic E-state index is 0.313. The quantitative estimate of drug-likeness (QED) is 0.483. The second-order valence-corrected chi connectivity index (χ2v) is 7.12. The van der Waals surface area contributed by atoms with E-state index in [9.17, 15) is 10.1 Å². The van der Waals surface area contributed by atoms with Gasteiger partial charge in [0, 0.05) is 17.1 Å². The molecule has 0 amide bonds. The van der Waals surface area contributed by atoms with Crippen LogP contribution in [-0.4, -0.2) is 15.3 Å². The first-order valence-corrected chi connectivity index (χ1v) is 8.83. The van der Waals surface area contributed by atoms with Crippen molar-refractivity contribution in [3.05, 3.63) is 64.3 Å². The Hall–Kier alpha value is -2.68. The van der Waals surface area contributed by atoms with Gasteiger partial charge in [-0.2, -0.15) is 5.26 Å². The molecule has 0 aliphatic rings. The van der Waals surface area contributed by atoms with Gasteiger partial charge in [0.2, 0.25) is 0 Å². The van der Waals surface area contributed by atoms with Gasteiger partial charge in [-0.25, -0.2) is 4.98 Å². The lowest BCUT2D eigenvalue weighted by Gasteiger charge is -2.07. The van der Waals surface area contributed by atoms with Crippen LogP contribution in [0.25, 0.3) is 21.1 Å². The Morgan fingerprint density at radius 2 is 1.96 bits per heavy atom. The van der Waals surface area contributed by atoms with Gasteiger partial charge in [-0.1, -0.05) is 41.9 Å². The first-order chi connectivity index (χ1) is 12.1.